The van der Waals surface area contributed by atoms with Gasteiger partial charge in [-0.25, -0.2) is 0 Å². The van der Waals surface area contributed by atoms with Crippen molar-refractivity contribution < 1.29 is 19.6 Å². The molecule has 8 nitrogen and oxygen atoms in total. The van der Waals surface area contributed by atoms with E-state index in [0.717, 1.165) is 45.3 Å². The summed E-state index contributed by atoms with van der Waals surface area (Å²) in [6.45, 7) is 7.31. The average Bonchev–Trinajstić information content (AvgIpc) is 3.14. The predicted molar refractivity (Wildman–Crippen MR) is 149 cm³/mol. The average molecular weight is 562 g/mol. The van der Waals surface area contributed by atoms with Crippen LogP contribution in [0.5, 0.6) is 0 Å². The maximum absolute atomic E-state index is 13.3. The van der Waals surface area contributed by atoms with Crippen molar-refractivity contribution in [2.24, 2.45) is 0 Å². The Morgan fingerprint density at radius 3 is 2.16 bits per heavy atom. The molecule has 0 bridgehead atoms. The Bertz CT molecular complexity index is 1190. The summed E-state index contributed by atoms with van der Waals surface area (Å²) in [5.74, 6) is -1.96. The first-order valence-corrected chi connectivity index (χ1v) is 13.7. The second-order valence-corrected chi connectivity index (χ2v) is 10.2. The van der Waals surface area contributed by atoms with Crippen LogP contribution in [0.3, 0.4) is 0 Å². The van der Waals surface area contributed by atoms with Crippen LogP contribution >= 0.6 is 23.2 Å². The second kappa shape index (κ2) is 13.7. The summed E-state index contributed by atoms with van der Waals surface area (Å²) >= 11 is 12.6. The van der Waals surface area contributed by atoms with Gasteiger partial charge in [0, 0.05) is 34.3 Å². The summed E-state index contributed by atoms with van der Waals surface area (Å²) in [6.07, 6.45) is 5.00. The minimum absolute atomic E-state index is 0.109. The van der Waals surface area contributed by atoms with Crippen molar-refractivity contribution in [3.63, 3.8) is 0 Å². The fourth-order valence-electron chi connectivity index (χ4n) is 4.62. The topological polar surface area (TPSA) is 104 Å². The van der Waals surface area contributed by atoms with Gasteiger partial charge in [-0.1, -0.05) is 56.0 Å². The first-order valence-electron chi connectivity index (χ1n) is 12.9. The Balaban J connectivity index is 1.97. The first-order chi connectivity index (χ1) is 18.2. The van der Waals surface area contributed by atoms with Crippen LogP contribution in [-0.4, -0.2) is 57.7 Å². The van der Waals surface area contributed by atoms with E-state index in [-0.39, 0.29) is 21.8 Å². The smallest absolute Gasteiger partial charge is 0.295 e. The quantitative estimate of drug-likeness (QED) is 0.0968. The SMILES string of the molecule is CCCCN(CCCC)CCCN1C(=O)C(=O)C(=C(O)c2ccc([N+](=O)[O-])cc2)[C@@H]1c1ccc(Cl)cc1Cl. The summed E-state index contributed by atoms with van der Waals surface area (Å²) in [4.78, 5) is 40.8. The molecule has 1 saturated heterocycles. The molecule has 1 heterocycles. The molecule has 1 fully saturated rings. The molecular formula is C28H33Cl2N3O5. The number of halogens is 2. The zero-order valence-corrected chi connectivity index (χ0v) is 23.2. The molecule has 204 valence electrons. The van der Waals surface area contributed by atoms with Gasteiger partial charge < -0.3 is 14.9 Å². The molecule has 1 atom stereocenters. The number of unbranched alkanes of at least 4 members (excludes halogenated alkanes) is 2. The number of aliphatic hydroxyl groups excluding tert-OH is 1. The standard InChI is InChI=1S/C28H33Cl2N3O5/c1-3-5-14-31(15-6-4-2)16-7-17-32-25(22-13-10-20(29)18-23(22)30)24(27(35)28(32)36)26(34)19-8-11-21(12-9-19)33(37)38/h8-13,18,25,34H,3-7,14-17H2,1-2H3/t25-/m0/s1. The van der Waals surface area contributed by atoms with E-state index in [2.05, 4.69) is 18.7 Å². The molecule has 0 aromatic heterocycles. The minimum Gasteiger partial charge on any atom is -0.507 e. The van der Waals surface area contributed by atoms with Gasteiger partial charge in [0.05, 0.1) is 16.5 Å². The number of nitro groups is 1. The number of hydrogen-bond donors (Lipinski definition) is 1. The Hall–Kier alpha value is -2.94. The van der Waals surface area contributed by atoms with Crippen LogP contribution in [0.25, 0.3) is 5.76 Å². The lowest BCUT2D eigenvalue weighted by atomic mass is 9.95. The molecule has 38 heavy (non-hydrogen) atoms. The molecular weight excluding hydrogens is 529 g/mol. The maximum atomic E-state index is 13.3. The van der Waals surface area contributed by atoms with E-state index in [9.17, 15) is 24.8 Å². The van der Waals surface area contributed by atoms with Crippen molar-refractivity contribution in [1.29, 1.82) is 0 Å². The van der Waals surface area contributed by atoms with Gasteiger partial charge in [0.25, 0.3) is 17.4 Å². The number of carbonyl (C=O) groups is 2. The molecule has 0 saturated carbocycles. The zero-order chi connectivity index (χ0) is 27.8. The highest BCUT2D eigenvalue weighted by molar-refractivity contribution is 6.47. The fraction of sp³-hybridized carbons (Fsp3) is 0.429. The molecule has 0 aliphatic carbocycles. The third-order valence-corrected chi connectivity index (χ3v) is 7.24. The Kier molecular flexibility index (Phi) is 10.7. The molecule has 1 N–H and O–H groups in total. The Morgan fingerprint density at radius 1 is 1.00 bits per heavy atom. The van der Waals surface area contributed by atoms with Gasteiger partial charge in [0.15, 0.2) is 0 Å². The number of nitrogens with zero attached hydrogens (tertiary/aromatic N) is 3. The summed E-state index contributed by atoms with van der Waals surface area (Å²) < 4.78 is 0. The molecule has 3 rings (SSSR count). The summed E-state index contributed by atoms with van der Waals surface area (Å²) in [5.41, 5.74) is 0.387. The van der Waals surface area contributed by atoms with Crippen LogP contribution in [0.15, 0.2) is 48.0 Å². The van der Waals surface area contributed by atoms with E-state index in [1.807, 2.05) is 0 Å². The van der Waals surface area contributed by atoms with Crippen molar-refractivity contribution in [3.05, 3.63) is 79.3 Å². The monoisotopic (exact) mass is 561 g/mol. The van der Waals surface area contributed by atoms with Crippen LogP contribution in [-0.2, 0) is 9.59 Å². The molecule has 2 aromatic rings. The zero-order valence-electron chi connectivity index (χ0n) is 21.7. The van der Waals surface area contributed by atoms with Gasteiger partial charge in [-0.15, -0.1) is 0 Å². The van der Waals surface area contributed by atoms with Gasteiger partial charge in [-0.3, -0.25) is 19.7 Å². The van der Waals surface area contributed by atoms with Crippen molar-refractivity contribution in [3.8, 4) is 0 Å². The molecule has 0 spiro atoms. The second-order valence-electron chi connectivity index (χ2n) is 9.36. The number of benzene rings is 2. The van der Waals surface area contributed by atoms with Crippen LogP contribution < -0.4 is 0 Å². The first kappa shape index (κ1) is 29.6. The third kappa shape index (κ3) is 6.92. The molecule has 0 radical (unpaired) electrons. The van der Waals surface area contributed by atoms with E-state index in [1.54, 1.807) is 12.1 Å². The maximum Gasteiger partial charge on any atom is 0.295 e. The van der Waals surface area contributed by atoms with Gasteiger partial charge in [-0.05, 0) is 68.7 Å². The summed E-state index contributed by atoms with van der Waals surface area (Å²) in [7, 11) is 0. The van der Waals surface area contributed by atoms with Crippen LogP contribution in [0.2, 0.25) is 10.0 Å². The number of non-ortho nitro benzene ring substituents is 1. The van der Waals surface area contributed by atoms with Gasteiger partial charge in [0.2, 0.25) is 0 Å². The fourth-order valence-corrected chi connectivity index (χ4v) is 5.13. The highest BCUT2D eigenvalue weighted by Crippen LogP contribution is 2.42. The number of amides is 1. The number of rotatable bonds is 13. The summed E-state index contributed by atoms with van der Waals surface area (Å²) in [5, 5.41) is 22.9. The Labute approximate surface area is 233 Å². The largest absolute Gasteiger partial charge is 0.507 e. The minimum atomic E-state index is -0.922. The highest BCUT2D eigenvalue weighted by atomic mass is 35.5. The molecule has 1 amide bonds. The molecule has 10 heteroatoms. The number of Topliss-reactive ketones (excluding diaryl/α,β-unsaturated/α-hetero) is 1. The lowest BCUT2D eigenvalue weighted by molar-refractivity contribution is -0.384. The lowest BCUT2D eigenvalue weighted by Crippen LogP contribution is -2.34. The van der Waals surface area contributed by atoms with Gasteiger partial charge in [0.1, 0.15) is 5.76 Å². The van der Waals surface area contributed by atoms with Crippen molar-refractivity contribution >= 4 is 46.3 Å². The molecule has 0 unspecified atom stereocenters. The normalized spacial score (nSPS) is 17.0. The van der Waals surface area contributed by atoms with Crippen molar-refractivity contribution in [1.82, 2.24) is 9.80 Å². The van der Waals surface area contributed by atoms with E-state index in [1.165, 1.54) is 35.2 Å². The van der Waals surface area contributed by atoms with Crippen LogP contribution in [0, 0.1) is 10.1 Å². The van der Waals surface area contributed by atoms with E-state index < -0.39 is 28.4 Å². The van der Waals surface area contributed by atoms with E-state index in [4.69, 9.17) is 23.2 Å². The third-order valence-electron chi connectivity index (χ3n) is 6.68. The van der Waals surface area contributed by atoms with E-state index in [0.29, 0.717) is 23.6 Å². The summed E-state index contributed by atoms with van der Waals surface area (Å²) in [6, 6.07) is 9.03. The van der Waals surface area contributed by atoms with Gasteiger partial charge in [-0.2, -0.15) is 0 Å². The van der Waals surface area contributed by atoms with Crippen molar-refractivity contribution in [2.75, 3.05) is 26.2 Å². The number of aliphatic hydroxyl groups is 1. The van der Waals surface area contributed by atoms with E-state index >= 15 is 0 Å². The van der Waals surface area contributed by atoms with Crippen LogP contribution in [0.4, 0.5) is 5.69 Å². The molecule has 1 aliphatic rings. The molecule has 2 aromatic carbocycles. The number of ketones is 1. The molecule has 1 aliphatic heterocycles. The van der Waals surface area contributed by atoms with Crippen LogP contribution in [0.1, 0.15) is 63.1 Å². The lowest BCUT2D eigenvalue weighted by Gasteiger charge is -2.28. The number of carbonyl (C=O) groups excluding carboxylic acids is 2. The van der Waals surface area contributed by atoms with Crippen molar-refractivity contribution in [2.45, 2.75) is 52.0 Å². The highest BCUT2D eigenvalue weighted by Gasteiger charge is 2.46. The number of nitro benzene ring substituents is 1. The number of likely N-dealkylation sites (tertiary alicyclic amines) is 1. The van der Waals surface area contributed by atoms with Gasteiger partial charge >= 0.3 is 0 Å². The Morgan fingerprint density at radius 2 is 1.61 bits per heavy atom. The number of hydrogen-bond acceptors (Lipinski definition) is 6. The predicted octanol–water partition coefficient (Wildman–Crippen LogP) is 6.62.